The van der Waals surface area contributed by atoms with Gasteiger partial charge in [-0.05, 0) is 24.8 Å². The van der Waals surface area contributed by atoms with Crippen molar-refractivity contribution in [3.63, 3.8) is 0 Å². The van der Waals surface area contributed by atoms with Gasteiger partial charge in [0.25, 0.3) is 5.91 Å². The molecule has 0 radical (unpaired) electrons. The first-order valence-electron chi connectivity index (χ1n) is 8.91. The Bertz CT molecular complexity index is 694. The molecule has 0 aromatic carbocycles. The van der Waals surface area contributed by atoms with Gasteiger partial charge in [0.2, 0.25) is 0 Å². The lowest BCUT2D eigenvalue weighted by Gasteiger charge is -2.38. The van der Waals surface area contributed by atoms with Gasteiger partial charge in [-0.15, -0.1) is 0 Å². The lowest BCUT2D eigenvalue weighted by Crippen LogP contribution is -2.51. The van der Waals surface area contributed by atoms with Crippen molar-refractivity contribution in [2.45, 2.75) is 45.2 Å². The Balaban J connectivity index is 1.62. The van der Waals surface area contributed by atoms with E-state index in [9.17, 15) is 19.7 Å². The molecule has 3 rings (SSSR count). The zero-order chi connectivity index (χ0) is 18.8. The highest BCUT2D eigenvalue weighted by Gasteiger charge is 2.41. The number of nitro groups is 1. The molecule has 1 aromatic rings. The number of furan rings is 1. The summed E-state index contributed by atoms with van der Waals surface area (Å²) in [5, 5.41) is 10.7. The Hall–Kier alpha value is -2.58. The molecule has 2 aliphatic rings. The monoisotopic (exact) mass is 365 g/mol. The molecule has 0 saturated carbocycles. The second-order valence-electron chi connectivity index (χ2n) is 6.86. The van der Waals surface area contributed by atoms with Gasteiger partial charge in [0.05, 0.1) is 12.1 Å². The van der Waals surface area contributed by atoms with E-state index in [2.05, 4.69) is 13.8 Å². The standard InChI is InChI=1S/C17H23N3O6/c1-3-11(2)13-10-25-17(22)19(13)12-6-8-18(9-7-12)16(21)14-4-5-15(26-14)20(23)24/h4-5,11-13H,3,6-10H2,1-2H3/t11-,13+/m0/s1. The summed E-state index contributed by atoms with van der Waals surface area (Å²) >= 11 is 0. The summed E-state index contributed by atoms with van der Waals surface area (Å²) in [4.78, 5) is 38.1. The van der Waals surface area contributed by atoms with E-state index >= 15 is 0 Å². The molecule has 0 aliphatic carbocycles. The van der Waals surface area contributed by atoms with Crippen molar-refractivity contribution in [2.24, 2.45) is 5.92 Å². The number of amides is 2. The summed E-state index contributed by atoms with van der Waals surface area (Å²) in [6.45, 7) is 5.56. The summed E-state index contributed by atoms with van der Waals surface area (Å²) in [5.74, 6) is -0.489. The molecule has 0 unspecified atom stereocenters. The van der Waals surface area contributed by atoms with E-state index in [-0.39, 0.29) is 29.8 Å². The Kier molecular flexibility index (Phi) is 5.15. The van der Waals surface area contributed by atoms with E-state index in [4.69, 9.17) is 9.15 Å². The van der Waals surface area contributed by atoms with Gasteiger partial charge >= 0.3 is 12.0 Å². The van der Waals surface area contributed by atoms with Crippen LogP contribution in [0.1, 0.15) is 43.7 Å². The van der Waals surface area contributed by atoms with E-state index in [1.807, 2.05) is 4.90 Å². The number of likely N-dealkylation sites (tertiary alicyclic amines) is 1. The topological polar surface area (TPSA) is 106 Å². The SMILES string of the molecule is CC[C@H](C)[C@H]1COC(=O)N1C1CCN(C(=O)c2ccc([N+](=O)[O-])o2)CC1. The van der Waals surface area contributed by atoms with Crippen molar-refractivity contribution < 1.29 is 23.7 Å². The summed E-state index contributed by atoms with van der Waals surface area (Å²) < 4.78 is 10.2. The minimum atomic E-state index is -0.670. The predicted octanol–water partition coefficient (Wildman–Crippen LogP) is 2.66. The third-order valence-electron chi connectivity index (χ3n) is 5.37. The Morgan fingerprint density at radius 3 is 2.65 bits per heavy atom. The molecule has 3 heterocycles. The van der Waals surface area contributed by atoms with Crippen LogP contribution in [0.3, 0.4) is 0 Å². The zero-order valence-corrected chi connectivity index (χ0v) is 14.9. The second-order valence-corrected chi connectivity index (χ2v) is 6.86. The van der Waals surface area contributed by atoms with Crippen LogP contribution in [0.5, 0.6) is 0 Å². The van der Waals surface area contributed by atoms with Gasteiger partial charge in [0.1, 0.15) is 11.5 Å². The first-order valence-corrected chi connectivity index (χ1v) is 8.91. The van der Waals surface area contributed by atoms with Gasteiger partial charge in [-0.25, -0.2) is 4.79 Å². The van der Waals surface area contributed by atoms with E-state index in [0.29, 0.717) is 38.5 Å². The molecule has 26 heavy (non-hydrogen) atoms. The lowest BCUT2D eigenvalue weighted by molar-refractivity contribution is -0.402. The second kappa shape index (κ2) is 7.35. The van der Waals surface area contributed by atoms with Crippen molar-refractivity contribution in [3.8, 4) is 0 Å². The first kappa shape index (κ1) is 18.2. The molecule has 2 fully saturated rings. The summed E-state index contributed by atoms with van der Waals surface area (Å²) in [6, 6.07) is 2.62. The minimum Gasteiger partial charge on any atom is -0.447 e. The van der Waals surface area contributed by atoms with Crippen molar-refractivity contribution in [3.05, 3.63) is 28.0 Å². The number of nitrogens with zero attached hydrogens (tertiary/aromatic N) is 3. The van der Waals surface area contributed by atoms with Crippen LogP contribution in [-0.4, -0.2) is 58.5 Å². The molecular formula is C17H23N3O6. The summed E-state index contributed by atoms with van der Waals surface area (Å²) in [5.41, 5.74) is 0. The van der Waals surface area contributed by atoms with Crippen LogP contribution < -0.4 is 0 Å². The highest BCUT2D eigenvalue weighted by molar-refractivity contribution is 5.91. The first-order chi connectivity index (χ1) is 12.4. The van der Waals surface area contributed by atoms with Crippen molar-refractivity contribution in [1.29, 1.82) is 0 Å². The van der Waals surface area contributed by atoms with Crippen LogP contribution in [0.15, 0.2) is 16.5 Å². The fourth-order valence-corrected chi connectivity index (χ4v) is 3.62. The molecule has 9 nitrogen and oxygen atoms in total. The lowest BCUT2D eigenvalue weighted by atomic mass is 9.95. The van der Waals surface area contributed by atoms with Crippen molar-refractivity contribution in [1.82, 2.24) is 9.80 Å². The third kappa shape index (κ3) is 3.38. The molecular weight excluding hydrogens is 342 g/mol. The maximum atomic E-state index is 12.5. The predicted molar refractivity (Wildman–Crippen MR) is 90.7 cm³/mol. The van der Waals surface area contributed by atoms with Gasteiger partial charge in [-0.3, -0.25) is 19.8 Å². The van der Waals surface area contributed by atoms with E-state index in [1.54, 1.807) is 4.90 Å². The van der Waals surface area contributed by atoms with Crippen LogP contribution in [0, 0.1) is 16.0 Å². The van der Waals surface area contributed by atoms with Crippen LogP contribution in [0.4, 0.5) is 10.7 Å². The summed E-state index contributed by atoms with van der Waals surface area (Å²) in [6.07, 6.45) is 1.99. The van der Waals surface area contributed by atoms with E-state index in [0.717, 1.165) is 6.42 Å². The average Bonchev–Trinajstić information content (AvgIpc) is 3.28. The Morgan fingerprint density at radius 2 is 2.08 bits per heavy atom. The van der Waals surface area contributed by atoms with Crippen LogP contribution >= 0.6 is 0 Å². The minimum absolute atomic E-state index is 0.0341. The van der Waals surface area contributed by atoms with E-state index < -0.39 is 10.8 Å². The van der Waals surface area contributed by atoms with Gasteiger partial charge in [-0.1, -0.05) is 20.3 Å². The smallest absolute Gasteiger partial charge is 0.433 e. The Morgan fingerprint density at radius 1 is 1.38 bits per heavy atom. The van der Waals surface area contributed by atoms with Gasteiger partial charge in [-0.2, -0.15) is 0 Å². The maximum Gasteiger partial charge on any atom is 0.433 e. The number of hydrogen-bond acceptors (Lipinski definition) is 6. The largest absolute Gasteiger partial charge is 0.447 e. The fraction of sp³-hybridized carbons (Fsp3) is 0.647. The number of carbonyl (C=O) groups is 2. The molecule has 2 amide bonds. The molecule has 2 atom stereocenters. The van der Waals surface area contributed by atoms with Crippen LogP contribution in [0.25, 0.3) is 0 Å². The molecule has 9 heteroatoms. The number of carbonyl (C=O) groups excluding carboxylic acids is 2. The molecule has 0 N–H and O–H groups in total. The molecule has 1 aromatic heterocycles. The Labute approximate surface area is 151 Å². The fourth-order valence-electron chi connectivity index (χ4n) is 3.62. The normalized spacial score (nSPS) is 22.4. The van der Waals surface area contributed by atoms with Gasteiger partial charge < -0.3 is 14.1 Å². The molecule has 2 saturated heterocycles. The van der Waals surface area contributed by atoms with Crippen molar-refractivity contribution in [2.75, 3.05) is 19.7 Å². The highest BCUT2D eigenvalue weighted by atomic mass is 16.6. The molecule has 0 bridgehead atoms. The van der Waals surface area contributed by atoms with Gasteiger partial charge in [0.15, 0.2) is 5.76 Å². The maximum absolute atomic E-state index is 12.5. The molecule has 142 valence electrons. The molecule has 0 spiro atoms. The number of ether oxygens (including phenoxy) is 1. The third-order valence-corrected chi connectivity index (χ3v) is 5.37. The van der Waals surface area contributed by atoms with Gasteiger partial charge in [0, 0.05) is 19.1 Å². The number of cyclic esters (lactones) is 1. The molecule has 2 aliphatic heterocycles. The number of rotatable bonds is 5. The van der Waals surface area contributed by atoms with Crippen LogP contribution in [-0.2, 0) is 4.74 Å². The van der Waals surface area contributed by atoms with Crippen molar-refractivity contribution >= 4 is 17.9 Å². The number of hydrogen-bond donors (Lipinski definition) is 0. The highest BCUT2D eigenvalue weighted by Crippen LogP contribution is 2.29. The number of piperidine rings is 1. The summed E-state index contributed by atoms with van der Waals surface area (Å²) in [7, 11) is 0. The van der Waals surface area contributed by atoms with Crippen LogP contribution in [0.2, 0.25) is 0 Å². The van der Waals surface area contributed by atoms with E-state index in [1.165, 1.54) is 12.1 Å². The quantitative estimate of drug-likeness (QED) is 0.586. The zero-order valence-electron chi connectivity index (χ0n) is 14.9. The average molecular weight is 365 g/mol.